The van der Waals surface area contributed by atoms with E-state index in [1.54, 1.807) is 61.8 Å². The van der Waals surface area contributed by atoms with Crippen molar-refractivity contribution < 1.29 is 13.5 Å². The van der Waals surface area contributed by atoms with Crippen molar-refractivity contribution >= 4 is 21.5 Å². The molecule has 0 aliphatic carbocycles. The molecule has 1 aromatic carbocycles. The zero-order chi connectivity index (χ0) is 19.7. The number of aromatic nitrogens is 3. The van der Waals surface area contributed by atoms with Crippen LogP contribution in [0.15, 0.2) is 47.5 Å². The Labute approximate surface area is 158 Å². The van der Waals surface area contributed by atoms with Crippen LogP contribution in [-0.2, 0) is 10.0 Å². The van der Waals surface area contributed by atoms with Crippen LogP contribution in [0.5, 0.6) is 0 Å². The summed E-state index contributed by atoms with van der Waals surface area (Å²) in [6.07, 6.45) is 1.69. The van der Waals surface area contributed by atoms with Gasteiger partial charge in [0.1, 0.15) is 5.82 Å². The third-order valence-corrected chi connectivity index (χ3v) is 5.46. The highest BCUT2D eigenvalue weighted by Gasteiger charge is 2.22. The molecular formula is C18H23N5O3S. The monoisotopic (exact) mass is 389 g/mol. The van der Waals surface area contributed by atoms with E-state index in [1.165, 1.54) is 0 Å². The minimum Gasteiger partial charge on any atom is -0.395 e. The summed E-state index contributed by atoms with van der Waals surface area (Å²) in [5.41, 5.74) is 1.65. The van der Waals surface area contributed by atoms with Crippen LogP contribution < -0.4 is 10.0 Å². The molecule has 0 aliphatic heterocycles. The molecule has 0 aliphatic rings. The zero-order valence-electron chi connectivity index (χ0n) is 15.5. The molecule has 0 radical (unpaired) electrons. The first-order chi connectivity index (χ1) is 12.7. The highest BCUT2D eigenvalue weighted by molar-refractivity contribution is 7.89. The second-order valence-electron chi connectivity index (χ2n) is 7.16. The summed E-state index contributed by atoms with van der Waals surface area (Å²) in [4.78, 5) is 4.53. The molecule has 0 saturated carbocycles. The number of nitrogens with zero attached hydrogens (tertiary/aromatic N) is 3. The number of rotatable bonds is 6. The maximum absolute atomic E-state index is 12.4. The SMILES string of the molecule is CC(C)(C)NS(=O)(=O)c1ccc(-c2cnc3ccc(NCCO)nn23)cc1. The highest BCUT2D eigenvalue weighted by Crippen LogP contribution is 2.23. The first kappa shape index (κ1) is 19.3. The molecule has 0 unspecified atom stereocenters. The second-order valence-corrected chi connectivity index (χ2v) is 8.84. The molecule has 9 heteroatoms. The van der Waals surface area contributed by atoms with Crippen molar-refractivity contribution in [2.24, 2.45) is 0 Å². The van der Waals surface area contributed by atoms with E-state index >= 15 is 0 Å². The zero-order valence-corrected chi connectivity index (χ0v) is 16.3. The molecule has 27 heavy (non-hydrogen) atoms. The molecule has 144 valence electrons. The Hall–Kier alpha value is -2.49. The minimum atomic E-state index is -3.58. The number of anilines is 1. The number of imidazole rings is 1. The normalized spacial score (nSPS) is 12.4. The maximum atomic E-state index is 12.4. The van der Waals surface area contributed by atoms with Crippen LogP contribution in [0.2, 0.25) is 0 Å². The molecule has 0 fully saturated rings. The van der Waals surface area contributed by atoms with Crippen molar-refractivity contribution in [3.8, 4) is 11.3 Å². The lowest BCUT2D eigenvalue weighted by atomic mass is 10.1. The molecule has 0 atom stereocenters. The highest BCUT2D eigenvalue weighted by atomic mass is 32.2. The van der Waals surface area contributed by atoms with Gasteiger partial charge in [-0.2, -0.15) is 0 Å². The molecule has 8 nitrogen and oxygen atoms in total. The Bertz CT molecular complexity index is 1040. The van der Waals surface area contributed by atoms with Crippen LogP contribution in [0.4, 0.5) is 5.82 Å². The number of aliphatic hydroxyl groups is 1. The van der Waals surface area contributed by atoms with E-state index in [-0.39, 0.29) is 11.5 Å². The lowest BCUT2D eigenvalue weighted by Crippen LogP contribution is -2.40. The Morgan fingerprint density at radius 2 is 1.81 bits per heavy atom. The predicted molar refractivity (Wildman–Crippen MR) is 104 cm³/mol. The van der Waals surface area contributed by atoms with Gasteiger partial charge in [0.15, 0.2) is 5.65 Å². The van der Waals surface area contributed by atoms with Crippen molar-refractivity contribution in [2.75, 3.05) is 18.5 Å². The number of nitrogens with one attached hydrogen (secondary N) is 2. The molecule has 3 aromatic rings. The van der Waals surface area contributed by atoms with E-state index in [1.807, 2.05) is 6.07 Å². The standard InChI is InChI=1S/C18H23N5O3S/c1-18(2,3)22-27(25,26)14-6-4-13(5-7-14)15-12-20-17-9-8-16(19-10-11-24)21-23(15)17/h4-9,12,22,24H,10-11H2,1-3H3,(H,19,21). The molecule has 3 N–H and O–H groups in total. The smallest absolute Gasteiger partial charge is 0.241 e. The van der Waals surface area contributed by atoms with Crippen molar-refractivity contribution in [3.63, 3.8) is 0 Å². The Morgan fingerprint density at radius 1 is 1.11 bits per heavy atom. The molecule has 0 saturated heterocycles. The lowest BCUT2D eigenvalue weighted by molar-refractivity contribution is 0.311. The third-order valence-electron chi connectivity index (χ3n) is 3.68. The van der Waals surface area contributed by atoms with Gasteiger partial charge < -0.3 is 10.4 Å². The van der Waals surface area contributed by atoms with Crippen molar-refractivity contribution in [1.82, 2.24) is 19.3 Å². The summed E-state index contributed by atoms with van der Waals surface area (Å²) in [7, 11) is -3.58. The summed E-state index contributed by atoms with van der Waals surface area (Å²) in [5, 5.41) is 16.4. The van der Waals surface area contributed by atoms with Gasteiger partial charge in [0.25, 0.3) is 0 Å². The largest absolute Gasteiger partial charge is 0.395 e. The fourth-order valence-corrected chi connectivity index (χ4v) is 4.03. The number of hydrogen-bond acceptors (Lipinski definition) is 6. The van der Waals surface area contributed by atoms with E-state index in [2.05, 4.69) is 20.1 Å². The molecule has 0 amide bonds. The third kappa shape index (κ3) is 4.44. The summed E-state index contributed by atoms with van der Waals surface area (Å²) >= 11 is 0. The summed E-state index contributed by atoms with van der Waals surface area (Å²) < 4.78 is 29.2. The van der Waals surface area contributed by atoms with Crippen LogP contribution in [-0.4, -0.2) is 46.8 Å². The van der Waals surface area contributed by atoms with Crippen LogP contribution in [0.3, 0.4) is 0 Å². The molecule has 3 rings (SSSR count). The van der Waals surface area contributed by atoms with Gasteiger partial charge in [0.05, 0.1) is 23.4 Å². The molecule has 2 heterocycles. The van der Waals surface area contributed by atoms with Gasteiger partial charge in [-0.3, -0.25) is 0 Å². The Balaban J connectivity index is 1.93. The van der Waals surface area contributed by atoms with Crippen molar-refractivity contribution in [2.45, 2.75) is 31.2 Å². The fraction of sp³-hybridized carbons (Fsp3) is 0.333. The molecule has 2 aromatic heterocycles. The van der Waals surface area contributed by atoms with E-state index < -0.39 is 15.6 Å². The maximum Gasteiger partial charge on any atom is 0.241 e. The second kappa shape index (κ2) is 7.26. The summed E-state index contributed by atoms with van der Waals surface area (Å²) in [6, 6.07) is 10.2. The first-order valence-corrected chi connectivity index (χ1v) is 10.0. The van der Waals surface area contributed by atoms with Gasteiger partial charge in [0.2, 0.25) is 10.0 Å². The van der Waals surface area contributed by atoms with E-state index in [0.29, 0.717) is 18.0 Å². The molecule has 0 spiro atoms. The number of aliphatic hydroxyl groups excluding tert-OH is 1. The summed E-state index contributed by atoms with van der Waals surface area (Å²) in [6.45, 7) is 5.80. The van der Waals surface area contributed by atoms with Gasteiger partial charge in [-0.15, -0.1) is 5.10 Å². The van der Waals surface area contributed by atoms with E-state index in [0.717, 1.165) is 11.3 Å². The topological polar surface area (TPSA) is 109 Å². The average Bonchev–Trinajstić information content (AvgIpc) is 3.01. The summed E-state index contributed by atoms with van der Waals surface area (Å²) in [5.74, 6) is 0.615. The predicted octanol–water partition coefficient (Wildman–Crippen LogP) is 1.88. The van der Waals surface area contributed by atoms with E-state index in [4.69, 9.17) is 5.11 Å². The van der Waals surface area contributed by atoms with E-state index in [9.17, 15) is 8.42 Å². The quantitative estimate of drug-likeness (QED) is 0.594. The molecular weight excluding hydrogens is 366 g/mol. The van der Waals surface area contributed by atoms with Gasteiger partial charge in [-0.25, -0.2) is 22.6 Å². The van der Waals surface area contributed by atoms with Gasteiger partial charge in [0, 0.05) is 17.6 Å². The molecule has 0 bridgehead atoms. The van der Waals surface area contributed by atoms with Crippen LogP contribution in [0.25, 0.3) is 16.9 Å². The number of sulfonamides is 1. The van der Waals surface area contributed by atoms with Crippen LogP contribution in [0.1, 0.15) is 20.8 Å². The Kier molecular flexibility index (Phi) is 5.18. The first-order valence-electron chi connectivity index (χ1n) is 8.53. The van der Waals surface area contributed by atoms with Crippen LogP contribution >= 0.6 is 0 Å². The average molecular weight is 389 g/mol. The lowest BCUT2D eigenvalue weighted by Gasteiger charge is -2.20. The Morgan fingerprint density at radius 3 is 2.44 bits per heavy atom. The number of hydrogen-bond donors (Lipinski definition) is 3. The van der Waals surface area contributed by atoms with Crippen LogP contribution in [0, 0.1) is 0 Å². The fourth-order valence-electron chi connectivity index (χ4n) is 2.62. The van der Waals surface area contributed by atoms with Gasteiger partial charge in [-0.05, 0) is 45.0 Å². The van der Waals surface area contributed by atoms with Gasteiger partial charge >= 0.3 is 0 Å². The van der Waals surface area contributed by atoms with Gasteiger partial charge in [-0.1, -0.05) is 12.1 Å². The van der Waals surface area contributed by atoms with Crippen molar-refractivity contribution in [3.05, 3.63) is 42.6 Å². The van der Waals surface area contributed by atoms with Crippen molar-refractivity contribution in [1.29, 1.82) is 0 Å². The number of benzene rings is 1. The number of fused-ring (bicyclic) bond motifs is 1. The minimum absolute atomic E-state index is 0.00897.